The number of carbonyl (C=O) groups excluding carboxylic acids is 1. The van der Waals surface area contributed by atoms with Crippen LogP contribution in [0.1, 0.15) is 19.4 Å². The highest BCUT2D eigenvalue weighted by Gasteiger charge is 2.20. The summed E-state index contributed by atoms with van der Waals surface area (Å²) in [6, 6.07) is 10.1. The minimum atomic E-state index is -1.00. The molecule has 0 heterocycles. The van der Waals surface area contributed by atoms with Gasteiger partial charge in [0.25, 0.3) is 5.69 Å². The minimum Gasteiger partial charge on any atom is -0.474 e. The van der Waals surface area contributed by atoms with Gasteiger partial charge in [0, 0.05) is 17.8 Å². The molecule has 0 aliphatic heterocycles. The number of halogens is 4. The smallest absolute Gasteiger partial charge is 0.348 e. The standard InChI is InChI=1S/C23H17Cl2F2N3O5/c1-12(2)34-22(20-18(26)4-3-5-19(20)27)29-23(31)28-13-10-16(24)21(17(25)11-13)35-15-8-6-14(7-9-15)30(32)33/h3-12H,1-2H3,(H,28,31). The van der Waals surface area contributed by atoms with Gasteiger partial charge in [-0.05, 0) is 50.2 Å². The van der Waals surface area contributed by atoms with Gasteiger partial charge in [0.05, 0.1) is 21.1 Å². The number of anilines is 1. The van der Waals surface area contributed by atoms with E-state index in [1.165, 1.54) is 42.5 Å². The number of hydrogen-bond donors (Lipinski definition) is 1. The molecule has 0 fully saturated rings. The number of benzene rings is 3. The summed E-state index contributed by atoms with van der Waals surface area (Å²) < 4.78 is 39.4. The molecule has 0 bridgehead atoms. The molecule has 0 aliphatic rings. The monoisotopic (exact) mass is 523 g/mol. The van der Waals surface area contributed by atoms with E-state index in [9.17, 15) is 23.7 Å². The Morgan fingerprint density at radius 2 is 1.63 bits per heavy atom. The van der Waals surface area contributed by atoms with Crippen LogP contribution in [-0.2, 0) is 4.74 Å². The number of ether oxygens (including phenoxy) is 2. The lowest BCUT2D eigenvalue weighted by atomic mass is 10.2. The van der Waals surface area contributed by atoms with Crippen LogP contribution < -0.4 is 10.1 Å². The van der Waals surface area contributed by atoms with Gasteiger partial charge in [0.2, 0.25) is 5.90 Å². The number of rotatable bonds is 6. The quantitative estimate of drug-likeness (QED) is 0.157. The van der Waals surface area contributed by atoms with Crippen molar-refractivity contribution in [2.45, 2.75) is 20.0 Å². The molecule has 0 saturated carbocycles. The predicted octanol–water partition coefficient (Wildman–Crippen LogP) is 7.38. The van der Waals surface area contributed by atoms with Crippen LogP contribution in [0.5, 0.6) is 11.5 Å². The summed E-state index contributed by atoms with van der Waals surface area (Å²) in [6.45, 7) is 3.21. The van der Waals surface area contributed by atoms with Crippen LogP contribution in [0.25, 0.3) is 0 Å². The molecule has 182 valence electrons. The Labute approximate surface area is 208 Å². The fourth-order valence-electron chi connectivity index (χ4n) is 2.79. The lowest BCUT2D eigenvalue weighted by molar-refractivity contribution is -0.384. The Morgan fingerprint density at radius 1 is 1.06 bits per heavy atom. The largest absolute Gasteiger partial charge is 0.474 e. The lowest BCUT2D eigenvalue weighted by Gasteiger charge is -2.14. The number of nitrogens with one attached hydrogen (secondary N) is 1. The van der Waals surface area contributed by atoms with Crippen molar-refractivity contribution in [3.8, 4) is 11.5 Å². The van der Waals surface area contributed by atoms with Gasteiger partial charge in [-0.2, -0.15) is 4.99 Å². The number of nitro benzene ring substituents is 1. The summed E-state index contributed by atoms with van der Waals surface area (Å²) in [5.41, 5.74) is -0.591. The SMILES string of the molecule is CC(C)OC(=NC(=O)Nc1cc(Cl)c(Oc2ccc([N+](=O)[O-])cc2)c(Cl)c1)c1c(F)cccc1F. The molecule has 0 unspecified atom stereocenters. The van der Waals surface area contributed by atoms with Gasteiger partial charge in [0.1, 0.15) is 22.9 Å². The van der Waals surface area contributed by atoms with E-state index in [4.69, 9.17) is 32.7 Å². The third-order valence-electron chi connectivity index (χ3n) is 4.24. The molecule has 0 spiro atoms. The van der Waals surface area contributed by atoms with Gasteiger partial charge in [-0.15, -0.1) is 0 Å². The summed E-state index contributed by atoms with van der Waals surface area (Å²) in [7, 11) is 0. The molecule has 0 radical (unpaired) electrons. The van der Waals surface area contributed by atoms with Crippen molar-refractivity contribution in [2.75, 3.05) is 5.32 Å². The second kappa shape index (κ2) is 11.1. The van der Waals surface area contributed by atoms with Crippen LogP contribution in [0.15, 0.2) is 59.6 Å². The molecule has 8 nitrogen and oxygen atoms in total. The zero-order valence-electron chi connectivity index (χ0n) is 18.2. The van der Waals surface area contributed by atoms with E-state index in [0.717, 1.165) is 12.1 Å². The maximum atomic E-state index is 14.2. The minimum absolute atomic E-state index is 0.00827. The first kappa shape index (κ1) is 25.9. The number of nitro groups is 1. The molecule has 3 aromatic rings. The second-order valence-electron chi connectivity index (χ2n) is 7.23. The van der Waals surface area contributed by atoms with E-state index in [1.54, 1.807) is 13.8 Å². The van der Waals surface area contributed by atoms with Crippen molar-refractivity contribution in [1.82, 2.24) is 0 Å². The molecule has 0 aliphatic carbocycles. The van der Waals surface area contributed by atoms with Gasteiger partial charge >= 0.3 is 6.03 Å². The summed E-state index contributed by atoms with van der Waals surface area (Å²) in [4.78, 5) is 26.4. The molecule has 35 heavy (non-hydrogen) atoms. The average molecular weight is 524 g/mol. The topological polar surface area (TPSA) is 103 Å². The van der Waals surface area contributed by atoms with E-state index in [0.29, 0.717) is 0 Å². The zero-order chi connectivity index (χ0) is 25.7. The van der Waals surface area contributed by atoms with Crippen molar-refractivity contribution < 1.29 is 28.0 Å². The highest BCUT2D eigenvalue weighted by atomic mass is 35.5. The molecule has 0 atom stereocenters. The number of non-ortho nitro benzene ring substituents is 1. The van der Waals surface area contributed by atoms with Gasteiger partial charge in [-0.25, -0.2) is 13.6 Å². The maximum absolute atomic E-state index is 14.2. The number of amides is 2. The maximum Gasteiger partial charge on any atom is 0.348 e. The molecule has 0 saturated heterocycles. The van der Waals surface area contributed by atoms with Crippen molar-refractivity contribution in [1.29, 1.82) is 0 Å². The predicted molar refractivity (Wildman–Crippen MR) is 128 cm³/mol. The van der Waals surface area contributed by atoms with Crippen molar-refractivity contribution in [3.05, 3.63) is 92.0 Å². The van der Waals surface area contributed by atoms with Crippen LogP contribution in [0.2, 0.25) is 10.0 Å². The Morgan fingerprint density at radius 3 is 2.14 bits per heavy atom. The van der Waals surface area contributed by atoms with E-state index < -0.39 is 40.2 Å². The highest BCUT2D eigenvalue weighted by Crippen LogP contribution is 2.39. The van der Waals surface area contributed by atoms with Gasteiger partial charge in [0.15, 0.2) is 5.75 Å². The number of aliphatic imine (C=N–C) groups is 1. The highest BCUT2D eigenvalue weighted by molar-refractivity contribution is 6.37. The first-order chi connectivity index (χ1) is 16.5. The van der Waals surface area contributed by atoms with Crippen LogP contribution in [0.4, 0.5) is 25.0 Å². The Bertz CT molecular complexity index is 1260. The third kappa shape index (κ3) is 6.65. The molecular formula is C23H17Cl2F2N3O5. The van der Waals surface area contributed by atoms with Crippen molar-refractivity contribution in [3.63, 3.8) is 0 Å². The Kier molecular flexibility index (Phi) is 8.21. The average Bonchev–Trinajstić information content (AvgIpc) is 2.76. The van der Waals surface area contributed by atoms with E-state index in [1.807, 2.05) is 0 Å². The fraction of sp³-hybridized carbons (Fsp3) is 0.130. The molecule has 3 aromatic carbocycles. The summed E-state index contributed by atoms with van der Waals surface area (Å²) in [5.74, 6) is -2.15. The summed E-state index contributed by atoms with van der Waals surface area (Å²) >= 11 is 12.5. The molecule has 1 N–H and O–H groups in total. The Balaban J connectivity index is 1.83. The number of nitrogens with zero attached hydrogens (tertiary/aromatic N) is 2. The number of hydrogen-bond acceptors (Lipinski definition) is 5. The first-order valence-electron chi connectivity index (χ1n) is 9.97. The third-order valence-corrected chi connectivity index (χ3v) is 4.81. The number of carbonyl (C=O) groups is 1. The second-order valence-corrected chi connectivity index (χ2v) is 8.05. The van der Waals surface area contributed by atoms with Crippen LogP contribution in [0.3, 0.4) is 0 Å². The molecular weight excluding hydrogens is 507 g/mol. The van der Waals surface area contributed by atoms with Crippen LogP contribution >= 0.6 is 23.2 Å². The number of urea groups is 1. The van der Waals surface area contributed by atoms with Gasteiger partial charge in [-0.3, -0.25) is 10.1 Å². The first-order valence-corrected chi connectivity index (χ1v) is 10.7. The van der Waals surface area contributed by atoms with E-state index >= 15 is 0 Å². The molecule has 12 heteroatoms. The van der Waals surface area contributed by atoms with Crippen LogP contribution in [0, 0.1) is 21.7 Å². The molecule has 0 aromatic heterocycles. The van der Waals surface area contributed by atoms with E-state index in [2.05, 4.69) is 10.3 Å². The lowest BCUT2D eigenvalue weighted by Crippen LogP contribution is -2.19. The summed E-state index contributed by atoms with van der Waals surface area (Å²) in [6.07, 6.45) is -0.528. The summed E-state index contributed by atoms with van der Waals surface area (Å²) in [5, 5.41) is 13.2. The van der Waals surface area contributed by atoms with Crippen molar-refractivity contribution >= 4 is 46.5 Å². The Hall–Kier alpha value is -3.76. The molecule has 2 amide bonds. The normalized spacial score (nSPS) is 11.3. The van der Waals surface area contributed by atoms with Crippen LogP contribution in [-0.4, -0.2) is 23.0 Å². The van der Waals surface area contributed by atoms with Crippen molar-refractivity contribution in [2.24, 2.45) is 4.99 Å². The van der Waals surface area contributed by atoms with Gasteiger partial charge < -0.3 is 14.8 Å². The molecule has 3 rings (SSSR count). The van der Waals surface area contributed by atoms with Gasteiger partial charge in [-0.1, -0.05) is 29.3 Å². The fourth-order valence-corrected chi connectivity index (χ4v) is 3.36. The van der Waals surface area contributed by atoms with E-state index in [-0.39, 0.29) is 32.9 Å². The zero-order valence-corrected chi connectivity index (χ0v) is 19.7.